The van der Waals surface area contributed by atoms with Crippen LogP contribution in [0, 0.1) is 5.92 Å². The summed E-state index contributed by atoms with van der Waals surface area (Å²) < 4.78 is 4.90. The number of nitrogens with one attached hydrogen (secondary N) is 1. The van der Waals surface area contributed by atoms with Crippen LogP contribution < -0.4 is 5.32 Å². The molecule has 1 aliphatic heterocycles. The lowest BCUT2D eigenvalue weighted by Crippen LogP contribution is -2.39. The summed E-state index contributed by atoms with van der Waals surface area (Å²) in [5, 5.41) is 6.55. The molecule has 10 rings (SSSR count). The van der Waals surface area contributed by atoms with Crippen LogP contribution in [0.5, 0.6) is 0 Å². The lowest BCUT2D eigenvalue weighted by molar-refractivity contribution is 0.728. The molecule has 4 aliphatic carbocycles. The number of fused-ring (bicyclic) bond motifs is 9. The number of rotatable bonds is 6. The van der Waals surface area contributed by atoms with Gasteiger partial charge >= 0.3 is 0 Å². The number of aliphatic imine (C=N–C) groups is 1. The molecular formula is C55H62N4. The van der Waals surface area contributed by atoms with Gasteiger partial charge in [0, 0.05) is 56.2 Å². The molecule has 0 saturated heterocycles. The normalized spacial score (nSPS) is 21.1. The number of hydrogen-bond acceptors (Lipinski definition) is 2. The third kappa shape index (κ3) is 7.50. The number of aromatic nitrogens is 2. The van der Waals surface area contributed by atoms with Crippen LogP contribution in [-0.4, -0.2) is 21.1 Å². The first kappa shape index (κ1) is 41.3. The van der Waals surface area contributed by atoms with Gasteiger partial charge in [0.1, 0.15) is 0 Å². The monoisotopic (exact) mass is 778 g/mol. The molecule has 5 aliphatic rings. The van der Waals surface area contributed by atoms with Gasteiger partial charge in [-0.1, -0.05) is 157 Å². The van der Waals surface area contributed by atoms with Crippen molar-refractivity contribution in [2.24, 2.45) is 10.9 Å². The third-order valence-corrected chi connectivity index (χ3v) is 12.0. The Balaban J connectivity index is 0.000000617. The molecule has 59 heavy (non-hydrogen) atoms. The van der Waals surface area contributed by atoms with Crippen molar-refractivity contribution in [3.63, 3.8) is 0 Å². The van der Waals surface area contributed by atoms with E-state index in [-0.39, 0.29) is 17.4 Å². The minimum atomic E-state index is -0.0117. The maximum atomic E-state index is 5.35. The molecule has 1 fully saturated rings. The molecule has 0 bridgehead atoms. The summed E-state index contributed by atoms with van der Waals surface area (Å²) in [7, 11) is 0. The fourth-order valence-corrected chi connectivity index (χ4v) is 9.24. The Morgan fingerprint density at radius 3 is 2.44 bits per heavy atom. The van der Waals surface area contributed by atoms with Gasteiger partial charge in [0.2, 0.25) is 5.96 Å². The largest absolute Gasteiger partial charge is 0.328 e. The van der Waals surface area contributed by atoms with Gasteiger partial charge in [-0.25, -0.2) is 4.99 Å². The number of allylic oxidation sites excluding steroid dienone is 9. The van der Waals surface area contributed by atoms with Crippen LogP contribution in [0.3, 0.4) is 0 Å². The second kappa shape index (κ2) is 18.4. The van der Waals surface area contributed by atoms with Gasteiger partial charge in [0.05, 0.1) is 22.8 Å². The molecule has 0 spiro atoms. The highest BCUT2D eigenvalue weighted by atomic mass is 15.2. The molecule has 1 saturated carbocycles. The molecule has 302 valence electrons. The van der Waals surface area contributed by atoms with E-state index in [1.54, 1.807) is 0 Å². The van der Waals surface area contributed by atoms with E-state index in [1.807, 2.05) is 33.8 Å². The van der Waals surface area contributed by atoms with Gasteiger partial charge in [0.25, 0.3) is 0 Å². The van der Waals surface area contributed by atoms with Crippen LogP contribution >= 0.6 is 0 Å². The standard InChI is InChI=1S/C47H42N4.C4H8.2C2H6/c1-3-4-7-16-31(2)45-35-20-12-14-22-39(35)48-46(49-45)51-41-24-15-13-21-36(41)44-38-30-47(38,28-27-43(44)51)32-25-26-42-37(29-32)34-19-10-6-11-23-40(34)50(42)33-17-8-5-9-18-33;1-3-4-2;2*1-2/h3-5,7-10,12-22,24-29,31,38-39H,6,11,23,30H2,1-2H3,(H,48,49);3H,1,4H2,2H3;2*1-2H3/b4-3-,16-7-;;;/t31-,38?,39+,47?;;;/m1.../s1. The molecule has 3 heterocycles. The van der Waals surface area contributed by atoms with Crippen molar-refractivity contribution in [2.75, 3.05) is 0 Å². The third-order valence-electron chi connectivity index (χ3n) is 12.0. The van der Waals surface area contributed by atoms with Crippen molar-refractivity contribution < 1.29 is 0 Å². The van der Waals surface area contributed by atoms with Crippen molar-refractivity contribution in [3.8, 4) is 5.69 Å². The second-order valence-corrected chi connectivity index (χ2v) is 15.4. The van der Waals surface area contributed by atoms with E-state index in [1.165, 1.54) is 73.3 Å². The Hall–Kier alpha value is -5.87. The van der Waals surface area contributed by atoms with Crippen LogP contribution in [0.4, 0.5) is 0 Å². The highest BCUT2D eigenvalue weighted by Gasteiger charge is 2.57. The summed E-state index contributed by atoms with van der Waals surface area (Å²) in [5.41, 5.74) is 13.2. The predicted molar refractivity (Wildman–Crippen MR) is 257 cm³/mol. The zero-order chi connectivity index (χ0) is 41.5. The van der Waals surface area contributed by atoms with Crippen LogP contribution in [0.15, 0.2) is 162 Å². The van der Waals surface area contributed by atoms with Crippen LogP contribution in [0.2, 0.25) is 0 Å². The van der Waals surface area contributed by atoms with Crippen molar-refractivity contribution >= 4 is 39.9 Å². The second-order valence-electron chi connectivity index (χ2n) is 15.4. The molecule has 2 aromatic heterocycles. The Morgan fingerprint density at radius 1 is 0.898 bits per heavy atom. The molecular weight excluding hydrogens is 717 g/mol. The maximum Gasteiger partial charge on any atom is 0.208 e. The number of benzene rings is 3. The summed E-state index contributed by atoms with van der Waals surface area (Å²) >= 11 is 0. The lowest BCUT2D eigenvalue weighted by Gasteiger charge is -2.30. The first-order valence-electron chi connectivity index (χ1n) is 22.1. The fourth-order valence-electron chi connectivity index (χ4n) is 9.24. The van der Waals surface area contributed by atoms with Crippen molar-refractivity contribution in [2.45, 2.75) is 97.9 Å². The first-order valence-corrected chi connectivity index (χ1v) is 22.1. The maximum absolute atomic E-state index is 5.35. The molecule has 0 radical (unpaired) electrons. The van der Waals surface area contributed by atoms with Gasteiger partial charge in [0.15, 0.2) is 0 Å². The van der Waals surface area contributed by atoms with E-state index < -0.39 is 0 Å². The zero-order valence-electron chi connectivity index (χ0n) is 36.3. The Bertz CT molecular complexity index is 2560. The van der Waals surface area contributed by atoms with Gasteiger partial charge in [-0.3, -0.25) is 4.57 Å². The Labute approximate surface area is 353 Å². The van der Waals surface area contributed by atoms with Gasteiger partial charge in [-0.15, -0.1) is 6.58 Å². The average molecular weight is 779 g/mol. The van der Waals surface area contributed by atoms with E-state index in [4.69, 9.17) is 4.99 Å². The molecule has 0 amide bonds. The molecule has 2 unspecified atom stereocenters. The molecule has 4 nitrogen and oxygen atoms in total. The van der Waals surface area contributed by atoms with Gasteiger partial charge in [-0.05, 0) is 86.6 Å². The summed E-state index contributed by atoms with van der Waals surface area (Å²) in [5.74, 6) is 1.53. The van der Waals surface area contributed by atoms with E-state index >= 15 is 0 Å². The summed E-state index contributed by atoms with van der Waals surface area (Å²) in [6.45, 7) is 17.9. The quantitative estimate of drug-likeness (QED) is 0.135. The van der Waals surface area contributed by atoms with Gasteiger partial charge in [-0.2, -0.15) is 0 Å². The van der Waals surface area contributed by atoms with Crippen molar-refractivity contribution in [1.82, 2.24) is 14.5 Å². The van der Waals surface area contributed by atoms with Crippen molar-refractivity contribution in [3.05, 3.63) is 186 Å². The average Bonchev–Trinajstić information content (AvgIpc) is 3.94. The Morgan fingerprint density at radius 2 is 1.66 bits per heavy atom. The number of hydrogen-bond donors (Lipinski definition) is 1. The number of para-hydroxylation sites is 2. The molecule has 4 heteroatoms. The predicted octanol–water partition coefficient (Wildman–Crippen LogP) is 14.3. The Kier molecular flexibility index (Phi) is 12.9. The van der Waals surface area contributed by atoms with Crippen LogP contribution in [-0.2, 0) is 11.8 Å². The smallest absolute Gasteiger partial charge is 0.208 e. The highest BCUT2D eigenvalue weighted by Crippen LogP contribution is 2.66. The van der Waals surface area contributed by atoms with Crippen LogP contribution in [0.25, 0.3) is 39.6 Å². The van der Waals surface area contributed by atoms with E-state index in [0.29, 0.717) is 5.92 Å². The lowest BCUT2D eigenvalue weighted by atomic mass is 9.85. The minimum absolute atomic E-state index is 0.00460. The minimum Gasteiger partial charge on any atom is -0.328 e. The first-order chi connectivity index (χ1) is 29.1. The fraction of sp³-hybridized carbons (Fsp3) is 0.291. The highest BCUT2D eigenvalue weighted by molar-refractivity contribution is 6.02. The van der Waals surface area contributed by atoms with E-state index in [2.05, 4.69) is 188 Å². The molecule has 5 aromatic rings. The SMILES string of the molecule is C/C=C\C=C/[C@@H](C)C1=C2C=CC=C[C@@H]2N=C(n2c3c(c4ccccc42)C2CC2(c2ccc4c(c2)c2c(n4-c4ccccc4)CCCC=C2)C=C3)N1.C=CCC.CC.CC. The molecule has 3 aromatic carbocycles. The van der Waals surface area contributed by atoms with Crippen molar-refractivity contribution in [1.29, 1.82) is 0 Å². The van der Waals surface area contributed by atoms with E-state index in [0.717, 1.165) is 31.6 Å². The van der Waals surface area contributed by atoms with Gasteiger partial charge < -0.3 is 9.88 Å². The van der Waals surface area contributed by atoms with Crippen LogP contribution in [0.1, 0.15) is 108 Å². The zero-order valence-corrected chi connectivity index (χ0v) is 36.3. The summed E-state index contributed by atoms with van der Waals surface area (Å²) in [4.78, 5) is 5.35. The molecule has 4 atom stereocenters. The number of nitrogens with zero attached hydrogens (tertiary/aromatic N) is 3. The molecule has 1 N–H and O–H groups in total. The summed E-state index contributed by atoms with van der Waals surface area (Å²) in [6, 6.07) is 27.1. The summed E-state index contributed by atoms with van der Waals surface area (Å²) in [6.07, 6.45) is 34.4. The van der Waals surface area contributed by atoms with E-state index in [9.17, 15) is 0 Å². The topological polar surface area (TPSA) is 34.2 Å².